The molecule has 0 atom stereocenters. The maximum Gasteiger partial charge on any atom is 0.306 e. The summed E-state index contributed by atoms with van der Waals surface area (Å²) in [5, 5.41) is 2.68. The molecule has 0 radical (unpaired) electrons. The van der Waals surface area contributed by atoms with E-state index in [1.54, 1.807) is 29.2 Å². The molecular formula is C21H30N2O4. The van der Waals surface area contributed by atoms with Crippen LogP contribution >= 0.6 is 0 Å². The first-order valence-electron chi connectivity index (χ1n) is 9.88. The van der Waals surface area contributed by atoms with Crippen LogP contribution < -0.4 is 5.32 Å². The Morgan fingerprint density at radius 1 is 1.11 bits per heavy atom. The molecule has 0 aromatic heterocycles. The van der Waals surface area contributed by atoms with Gasteiger partial charge >= 0.3 is 5.97 Å². The van der Waals surface area contributed by atoms with Gasteiger partial charge in [-0.2, -0.15) is 0 Å². The molecule has 2 rings (SSSR count). The molecule has 0 bridgehead atoms. The third kappa shape index (κ3) is 6.70. The minimum absolute atomic E-state index is 0.0741. The second-order valence-corrected chi connectivity index (χ2v) is 6.98. The van der Waals surface area contributed by atoms with Crippen LogP contribution in [0.15, 0.2) is 24.3 Å². The second kappa shape index (κ2) is 10.7. The number of carbonyl (C=O) groups is 3. The standard InChI is InChI=1S/C21H30N2O4/c1-3-23(4-2)21(26)17-11-8-12-18(14-17)22-19(24)15-27-20(25)13-16-9-6-5-7-10-16/h8,11-12,14,16H,3-7,9-10,13,15H2,1-2H3,(H,22,24). The Morgan fingerprint density at radius 2 is 1.81 bits per heavy atom. The summed E-state index contributed by atoms with van der Waals surface area (Å²) >= 11 is 0. The Bertz CT molecular complexity index is 649. The van der Waals surface area contributed by atoms with E-state index in [0.29, 0.717) is 36.7 Å². The number of benzene rings is 1. The summed E-state index contributed by atoms with van der Waals surface area (Å²) in [7, 11) is 0. The topological polar surface area (TPSA) is 75.7 Å². The first-order chi connectivity index (χ1) is 13.0. The van der Waals surface area contributed by atoms with Gasteiger partial charge in [0.15, 0.2) is 6.61 Å². The van der Waals surface area contributed by atoms with E-state index in [2.05, 4.69) is 5.32 Å². The van der Waals surface area contributed by atoms with Crippen molar-refractivity contribution in [1.29, 1.82) is 0 Å². The molecule has 1 aliphatic carbocycles. The quantitative estimate of drug-likeness (QED) is 0.705. The highest BCUT2D eigenvalue weighted by atomic mass is 16.5. The van der Waals surface area contributed by atoms with Crippen molar-refractivity contribution in [1.82, 2.24) is 4.90 Å². The van der Waals surface area contributed by atoms with Crippen LogP contribution in [0.3, 0.4) is 0 Å². The van der Waals surface area contributed by atoms with Gasteiger partial charge in [0.2, 0.25) is 0 Å². The molecule has 0 heterocycles. The van der Waals surface area contributed by atoms with Crippen LogP contribution in [-0.2, 0) is 14.3 Å². The largest absolute Gasteiger partial charge is 0.456 e. The van der Waals surface area contributed by atoms with Crippen molar-refractivity contribution in [3.8, 4) is 0 Å². The number of anilines is 1. The molecule has 0 unspecified atom stereocenters. The van der Waals surface area contributed by atoms with Crippen LogP contribution in [0, 0.1) is 5.92 Å². The lowest BCUT2D eigenvalue weighted by Gasteiger charge is -2.20. The van der Waals surface area contributed by atoms with E-state index >= 15 is 0 Å². The molecule has 6 heteroatoms. The zero-order valence-electron chi connectivity index (χ0n) is 16.3. The van der Waals surface area contributed by atoms with Crippen molar-refractivity contribution in [2.24, 2.45) is 5.92 Å². The van der Waals surface area contributed by atoms with E-state index in [1.165, 1.54) is 19.3 Å². The molecule has 1 aliphatic rings. The fraction of sp³-hybridized carbons (Fsp3) is 0.571. The highest BCUT2D eigenvalue weighted by Gasteiger charge is 2.19. The number of amides is 2. The molecule has 0 spiro atoms. The minimum Gasteiger partial charge on any atom is -0.456 e. The van der Waals surface area contributed by atoms with Crippen LogP contribution in [0.25, 0.3) is 0 Å². The molecule has 1 N–H and O–H groups in total. The fourth-order valence-electron chi connectivity index (χ4n) is 3.45. The third-order valence-corrected chi connectivity index (χ3v) is 4.99. The molecule has 6 nitrogen and oxygen atoms in total. The Balaban J connectivity index is 1.82. The lowest BCUT2D eigenvalue weighted by Crippen LogP contribution is -2.30. The smallest absolute Gasteiger partial charge is 0.306 e. The highest BCUT2D eigenvalue weighted by molar-refractivity contribution is 5.97. The first-order valence-corrected chi connectivity index (χ1v) is 9.88. The summed E-state index contributed by atoms with van der Waals surface area (Å²) in [6.07, 6.45) is 6.09. The Morgan fingerprint density at radius 3 is 2.48 bits per heavy atom. The van der Waals surface area contributed by atoms with Crippen LogP contribution in [0.2, 0.25) is 0 Å². The number of ether oxygens (including phenoxy) is 1. The number of hydrogen-bond donors (Lipinski definition) is 1. The number of nitrogens with one attached hydrogen (secondary N) is 1. The SMILES string of the molecule is CCN(CC)C(=O)c1cccc(NC(=O)COC(=O)CC2CCCCC2)c1. The molecule has 2 amide bonds. The van der Waals surface area contributed by atoms with Crippen LogP contribution in [0.4, 0.5) is 5.69 Å². The monoisotopic (exact) mass is 374 g/mol. The van der Waals surface area contributed by atoms with Gasteiger partial charge in [-0.25, -0.2) is 0 Å². The summed E-state index contributed by atoms with van der Waals surface area (Å²) in [6, 6.07) is 6.80. The molecule has 1 aromatic carbocycles. The van der Waals surface area contributed by atoms with Gasteiger partial charge in [0, 0.05) is 30.8 Å². The van der Waals surface area contributed by atoms with Gasteiger partial charge in [-0.15, -0.1) is 0 Å². The number of carbonyl (C=O) groups excluding carboxylic acids is 3. The van der Waals surface area contributed by atoms with E-state index in [9.17, 15) is 14.4 Å². The first kappa shape index (κ1) is 20.9. The average Bonchev–Trinajstić information content (AvgIpc) is 2.68. The van der Waals surface area contributed by atoms with Crippen molar-refractivity contribution < 1.29 is 19.1 Å². The average molecular weight is 374 g/mol. The van der Waals surface area contributed by atoms with Gasteiger partial charge in [-0.3, -0.25) is 14.4 Å². The highest BCUT2D eigenvalue weighted by Crippen LogP contribution is 2.26. The van der Waals surface area contributed by atoms with Crippen molar-refractivity contribution in [2.45, 2.75) is 52.4 Å². The normalized spacial score (nSPS) is 14.4. The molecule has 1 aromatic rings. The van der Waals surface area contributed by atoms with Gasteiger partial charge in [-0.1, -0.05) is 25.3 Å². The van der Waals surface area contributed by atoms with Crippen LogP contribution in [0.5, 0.6) is 0 Å². The summed E-state index contributed by atoms with van der Waals surface area (Å²) in [5.41, 5.74) is 1.03. The maximum atomic E-state index is 12.4. The predicted molar refractivity (Wildman–Crippen MR) is 104 cm³/mol. The molecule has 1 saturated carbocycles. The molecule has 148 valence electrons. The molecule has 1 fully saturated rings. The van der Waals surface area contributed by atoms with Gasteiger partial charge in [0.05, 0.1) is 0 Å². The summed E-state index contributed by atoms with van der Waals surface area (Å²) in [6.45, 7) is 4.80. The maximum absolute atomic E-state index is 12.4. The van der Waals surface area contributed by atoms with Crippen LogP contribution in [0.1, 0.15) is 62.7 Å². The summed E-state index contributed by atoms with van der Waals surface area (Å²) in [5.74, 6) is -0.408. The third-order valence-electron chi connectivity index (χ3n) is 4.99. The van der Waals surface area contributed by atoms with E-state index in [0.717, 1.165) is 12.8 Å². The van der Waals surface area contributed by atoms with E-state index < -0.39 is 5.91 Å². The summed E-state index contributed by atoms with van der Waals surface area (Å²) < 4.78 is 5.10. The number of rotatable bonds is 8. The number of hydrogen-bond acceptors (Lipinski definition) is 4. The number of esters is 1. The number of nitrogens with zero attached hydrogens (tertiary/aromatic N) is 1. The van der Waals surface area contributed by atoms with Gasteiger partial charge < -0.3 is 15.0 Å². The Labute approximate surface area is 161 Å². The van der Waals surface area contributed by atoms with Crippen molar-refractivity contribution >= 4 is 23.5 Å². The summed E-state index contributed by atoms with van der Waals surface area (Å²) in [4.78, 5) is 38.1. The van der Waals surface area contributed by atoms with E-state index in [-0.39, 0.29) is 18.5 Å². The van der Waals surface area contributed by atoms with Gasteiger partial charge in [0.1, 0.15) is 0 Å². The second-order valence-electron chi connectivity index (χ2n) is 6.98. The predicted octanol–water partition coefficient (Wildman–Crippen LogP) is 3.62. The van der Waals surface area contributed by atoms with Gasteiger partial charge in [0.25, 0.3) is 11.8 Å². The lowest BCUT2D eigenvalue weighted by molar-refractivity contribution is -0.148. The zero-order chi connectivity index (χ0) is 19.6. The Hall–Kier alpha value is -2.37. The van der Waals surface area contributed by atoms with Gasteiger partial charge in [-0.05, 0) is 50.8 Å². The lowest BCUT2D eigenvalue weighted by atomic mass is 9.87. The van der Waals surface area contributed by atoms with Crippen LogP contribution in [-0.4, -0.2) is 42.4 Å². The molecule has 0 aliphatic heterocycles. The minimum atomic E-state index is -0.403. The molecule has 0 saturated heterocycles. The van der Waals surface area contributed by atoms with Crippen molar-refractivity contribution in [2.75, 3.05) is 25.0 Å². The fourth-order valence-corrected chi connectivity index (χ4v) is 3.45. The molecule has 27 heavy (non-hydrogen) atoms. The zero-order valence-corrected chi connectivity index (χ0v) is 16.3. The van der Waals surface area contributed by atoms with E-state index in [4.69, 9.17) is 4.74 Å². The molecular weight excluding hydrogens is 344 g/mol. The van der Waals surface area contributed by atoms with Crippen molar-refractivity contribution in [3.05, 3.63) is 29.8 Å². The Kier molecular flexibility index (Phi) is 8.30. The van der Waals surface area contributed by atoms with E-state index in [1.807, 2.05) is 13.8 Å². The van der Waals surface area contributed by atoms with Crippen molar-refractivity contribution in [3.63, 3.8) is 0 Å².